The number of aryl methyl sites for hydroxylation is 1. The summed E-state index contributed by atoms with van der Waals surface area (Å²) in [6, 6.07) is 12.8. The Morgan fingerprint density at radius 3 is 2.54 bits per heavy atom. The zero-order chi connectivity index (χ0) is 17.1. The molecule has 0 radical (unpaired) electrons. The molecular weight excluding hydrogens is 345 g/mol. The van der Waals surface area contributed by atoms with Gasteiger partial charge in [0.15, 0.2) is 0 Å². The van der Waals surface area contributed by atoms with Gasteiger partial charge in [0, 0.05) is 27.4 Å². The molecule has 0 saturated carbocycles. The van der Waals surface area contributed by atoms with E-state index in [0.29, 0.717) is 27.8 Å². The van der Waals surface area contributed by atoms with Crippen LogP contribution in [0.3, 0.4) is 0 Å². The summed E-state index contributed by atoms with van der Waals surface area (Å²) < 4.78 is 1.68. The summed E-state index contributed by atoms with van der Waals surface area (Å²) in [7, 11) is 0. The quantitative estimate of drug-likeness (QED) is 0.727. The molecule has 1 heterocycles. The fourth-order valence-corrected chi connectivity index (χ4v) is 2.90. The standard InChI is InChI=1S/C18H15Cl2N3O/c1-12-5-2-3-6-14(12)18(24)22-13-9-21-23(10-13)11-15-16(19)7-4-8-17(15)20/h2-10H,11H2,1H3,(H,22,24). The molecule has 1 aromatic heterocycles. The predicted octanol–water partition coefficient (Wildman–Crippen LogP) is 4.80. The van der Waals surface area contributed by atoms with Crippen molar-refractivity contribution in [3.05, 3.63) is 81.6 Å². The molecule has 3 rings (SSSR count). The molecule has 3 aromatic rings. The molecule has 0 spiro atoms. The largest absolute Gasteiger partial charge is 0.319 e. The topological polar surface area (TPSA) is 46.9 Å². The molecule has 0 bridgehead atoms. The van der Waals surface area contributed by atoms with E-state index in [2.05, 4.69) is 10.4 Å². The lowest BCUT2D eigenvalue weighted by molar-refractivity contribution is 0.102. The molecule has 122 valence electrons. The SMILES string of the molecule is Cc1ccccc1C(=O)Nc1cnn(Cc2c(Cl)cccc2Cl)c1. The second kappa shape index (κ2) is 7.07. The number of hydrogen-bond donors (Lipinski definition) is 1. The number of aromatic nitrogens is 2. The van der Waals surface area contributed by atoms with Crippen molar-refractivity contribution >= 4 is 34.8 Å². The summed E-state index contributed by atoms with van der Waals surface area (Å²) in [4.78, 5) is 12.3. The number of halogens is 2. The van der Waals surface area contributed by atoms with Crippen LogP contribution in [0.25, 0.3) is 0 Å². The Balaban J connectivity index is 1.74. The first-order valence-electron chi connectivity index (χ1n) is 7.37. The van der Waals surface area contributed by atoms with Crippen molar-refractivity contribution in [3.8, 4) is 0 Å². The summed E-state index contributed by atoms with van der Waals surface area (Å²) in [5.74, 6) is -0.163. The molecule has 0 aliphatic rings. The Labute approximate surface area is 150 Å². The van der Waals surface area contributed by atoms with Crippen LogP contribution < -0.4 is 5.32 Å². The highest BCUT2D eigenvalue weighted by molar-refractivity contribution is 6.35. The van der Waals surface area contributed by atoms with Gasteiger partial charge in [-0.25, -0.2) is 0 Å². The van der Waals surface area contributed by atoms with Gasteiger partial charge in [0.25, 0.3) is 5.91 Å². The van der Waals surface area contributed by atoms with E-state index in [-0.39, 0.29) is 5.91 Å². The summed E-state index contributed by atoms with van der Waals surface area (Å²) in [5.41, 5.74) is 2.97. The van der Waals surface area contributed by atoms with Gasteiger partial charge in [-0.05, 0) is 30.7 Å². The fraction of sp³-hybridized carbons (Fsp3) is 0.111. The van der Waals surface area contributed by atoms with E-state index >= 15 is 0 Å². The monoisotopic (exact) mass is 359 g/mol. The van der Waals surface area contributed by atoms with E-state index in [4.69, 9.17) is 23.2 Å². The molecule has 1 N–H and O–H groups in total. The van der Waals surface area contributed by atoms with Crippen LogP contribution in [-0.4, -0.2) is 15.7 Å². The van der Waals surface area contributed by atoms with Gasteiger partial charge < -0.3 is 5.32 Å². The van der Waals surface area contributed by atoms with Crippen molar-refractivity contribution in [3.63, 3.8) is 0 Å². The van der Waals surface area contributed by atoms with Gasteiger partial charge in [-0.2, -0.15) is 5.10 Å². The molecule has 0 atom stereocenters. The minimum absolute atomic E-state index is 0.163. The number of anilines is 1. The summed E-state index contributed by atoms with van der Waals surface area (Å²) >= 11 is 12.3. The van der Waals surface area contributed by atoms with Crippen LogP contribution in [0, 0.1) is 6.92 Å². The molecule has 6 heteroatoms. The van der Waals surface area contributed by atoms with Crippen molar-refractivity contribution in [2.75, 3.05) is 5.32 Å². The highest BCUT2D eigenvalue weighted by Gasteiger charge is 2.11. The third-order valence-corrected chi connectivity index (χ3v) is 4.37. The molecule has 1 amide bonds. The second-order valence-electron chi connectivity index (χ2n) is 5.40. The van der Waals surface area contributed by atoms with Gasteiger partial charge in [0.05, 0.1) is 18.4 Å². The molecule has 2 aromatic carbocycles. The fourth-order valence-electron chi connectivity index (χ4n) is 2.39. The maximum Gasteiger partial charge on any atom is 0.256 e. The smallest absolute Gasteiger partial charge is 0.256 e. The van der Waals surface area contributed by atoms with Crippen molar-refractivity contribution in [2.24, 2.45) is 0 Å². The molecule has 0 unspecified atom stereocenters. The molecular formula is C18H15Cl2N3O. The van der Waals surface area contributed by atoms with Crippen LogP contribution in [0.5, 0.6) is 0 Å². The highest BCUT2D eigenvalue weighted by Crippen LogP contribution is 2.25. The average Bonchev–Trinajstić information content (AvgIpc) is 2.98. The lowest BCUT2D eigenvalue weighted by Crippen LogP contribution is -2.12. The van der Waals surface area contributed by atoms with Crippen molar-refractivity contribution < 1.29 is 4.79 Å². The molecule has 0 aliphatic carbocycles. The van der Waals surface area contributed by atoms with E-state index in [9.17, 15) is 4.79 Å². The Morgan fingerprint density at radius 1 is 1.12 bits per heavy atom. The summed E-state index contributed by atoms with van der Waals surface area (Å²) in [6.07, 6.45) is 3.34. The molecule has 24 heavy (non-hydrogen) atoms. The van der Waals surface area contributed by atoms with Crippen LogP contribution in [0.15, 0.2) is 54.9 Å². The van der Waals surface area contributed by atoms with Gasteiger partial charge in [0.2, 0.25) is 0 Å². The van der Waals surface area contributed by atoms with Crippen molar-refractivity contribution in [1.29, 1.82) is 0 Å². The summed E-state index contributed by atoms with van der Waals surface area (Å²) in [5, 5.41) is 8.27. The van der Waals surface area contributed by atoms with Gasteiger partial charge in [0.1, 0.15) is 0 Å². The number of nitrogens with zero attached hydrogens (tertiary/aromatic N) is 2. The molecule has 0 saturated heterocycles. The Bertz CT molecular complexity index is 869. The highest BCUT2D eigenvalue weighted by atomic mass is 35.5. The Hall–Kier alpha value is -2.30. The number of carbonyl (C=O) groups excluding carboxylic acids is 1. The number of hydrogen-bond acceptors (Lipinski definition) is 2. The van der Waals surface area contributed by atoms with E-state index in [1.165, 1.54) is 0 Å². The van der Waals surface area contributed by atoms with Gasteiger partial charge in [-0.15, -0.1) is 0 Å². The van der Waals surface area contributed by atoms with Crippen LogP contribution in [0.1, 0.15) is 21.5 Å². The predicted molar refractivity (Wildman–Crippen MR) is 96.9 cm³/mol. The van der Waals surface area contributed by atoms with E-state index < -0.39 is 0 Å². The maximum absolute atomic E-state index is 12.3. The third-order valence-electron chi connectivity index (χ3n) is 3.66. The summed E-state index contributed by atoms with van der Waals surface area (Å²) in [6.45, 7) is 2.33. The van der Waals surface area contributed by atoms with E-state index in [1.807, 2.05) is 25.1 Å². The Kier molecular flexibility index (Phi) is 4.88. The normalized spacial score (nSPS) is 10.6. The first kappa shape index (κ1) is 16.6. The first-order valence-corrected chi connectivity index (χ1v) is 8.12. The average molecular weight is 360 g/mol. The minimum Gasteiger partial charge on any atom is -0.319 e. The minimum atomic E-state index is -0.163. The third kappa shape index (κ3) is 3.61. The lowest BCUT2D eigenvalue weighted by atomic mass is 10.1. The molecule has 0 fully saturated rings. The van der Waals surface area contributed by atoms with Crippen LogP contribution in [-0.2, 0) is 6.54 Å². The number of benzene rings is 2. The second-order valence-corrected chi connectivity index (χ2v) is 6.21. The number of nitrogens with one attached hydrogen (secondary N) is 1. The zero-order valence-electron chi connectivity index (χ0n) is 13.0. The van der Waals surface area contributed by atoms with Crippen molar-refractivity contribution in [2.45, 2.75) is 13.5 Å². The Morgan fingerprint density at radius 2 is 1.83 bits per heavy atom. The number of rotatable bonds is 4. The molecule has 0 aliphatic heterocycles. The maximum atomic E-state index is 12.3. The van der Waals surface area contributed by atoms with Crippen LogP contribution >= 0.6 is 23.2 Å². The number of amides is 1. The van der Waals surface area contributed by atoms with Gasteiger partial charge in [-0.1, -0.05) is 47.5 Å². The zero-order valence-corrected chi connectivity index (χ0v) is 14.5. The lowest BCUT2D eigenvalue weighted by Gasteiger charge is -2.07. The van der Waals surface area contributed by atoms with Gasteiger partial charge in [-0.3, -0.25) is 9.48 Å². The number of carbonyl (C=O) groups is 1. The molecule has 4 nitrogen and oxygen atoms in total. The van der Waals surface area contributed by atoms with Crippen LogP contribution in [0.2, 0.25) is 10.0 Å². The van der Waals surface area contributed by atoms with Crippen LogP contribution in [0.4, 0.5) is 5.69 Å². The van der Waals surface area contributed by atoms with Gasteiger partial charge >= 0.3 is 0 Å². The van der Waals surface area contributed by atoms with E-state index in [1.54, 1.807) is 41.3 Å². The van der Waals surface area contributed by atoms with Crippen molar-refractivity contribution in [1.82, 2.24) is 9.78 Å². The first-order chi connectivity index (χ1) is 11.5. The van der Waals surface area contributed by atoms with E-state index in [0.717, 1.165) is 11.1 Å².